The van der Waals surface area contributed by atoms with Crippen molar-refractivity contribution in [1.82, 2.24) is 4.57 Å². The van der Waals surface area contributed by atoms with E-state index in [1.165, 1.54) is 21.8 Å². The van der Waals surface area contributed by atoms with E-state index in [9.17, 15) is 4.79 Å². The van der Waals surface area contributed by atoms with Crippen molar-refractivity contribution in [3.63, 3.8) is 0 Å². The summed E-state index contributed by atoms with van der Waals surface area (Å²) in [6.45, 7) is 3.10. The molecule has 0 spiro atoms. The van der Waals surface area contributed by atoms with Crippen LogP contribution in [0.25, 0.3) is 27.9 Å². The Hall–Kier alpha value is -2.65. The first-order chi connectivity index (χ1) is 12.7. The molecular formula is C23H18BrNO. The summed E-state index contributed by atoms with van der Waals surface area (Å²) in [5.74, 6) is 0.00795. The maximum absolute atomic E-state index is 12.3. The van der Waals surface area contributed by atoms with Gasteiger partial charge in [-0.05, 0) is 61.0 Å². The molecular weight excluding hydrogens is 386 g/mol. The standard InChI is InChI=1S/C23H18BrNO/c1-2-25-21-6-4-3-5-19(21)20-15-16(7-13-22(20)25)8-14-23(26)17-9-11-18(24)12-10-17/h3-15H,2H2,1H3/b14-8+. The zero-order valence-electron chi connectivity index (χ0n) is 14.4. The van der Waals surface area contributed by atoms with Crippen LogP contribution in [-0.4, -0.2) is 10.4 Å². The van der Waals surface area contributed by atoms with Crippen LogP contribution in [0.1, 0.15) is 22.8 Å². The molecule has 0 aliphatic carbocycles. The van der Waals surface area contributed by atoms with Gasteiger partial charge in [-0.1, -0.05) is 46.3 Å². The quantitative estimate of drug-likeness (QED) is 0.282. The number of halogens is 1. The average Bonchev–Trinajstić information content (AvgIpc) is 2.99. The number of allylic oxidation sites excluding steroid dienone is 1. The van der Waals surface area contributed by atoms with Crippen LogP contribution in [0.4, 0.5) is 0 Å². The number of hydrogen-bond donors (Lipinski definition) is 0. The second-order valence-corrected chi connectivity index (χ2v) is 7.16. The van der Waals surface area contributed by atoms with E-state index in [1.807, 2.05) is 30.3 Å². The van der Waals surface area contributed by atoms with Gasteiger partial charge in [0.15, 0.2) is 5.78 Å². The third kappa shape index (κ3) is 2.99. The molecule has 0 amide bonds. The first-order valence-corrected chi connectivity index (χ1v) is 9.45. The predicted molar refractivity (Wildman–Crippen MR) is 113 cm³/mol. The lowest BCUT2D eigenvalue weighted by Gasteiger charge is -2.02. The van der Waals surface area contributed by atoms with E-state index in [0.717, 1.165) is 16.6 Å². The molecule has 0 aliphatic heterocycles. The van der Waals surface area contributed by atoms with E-state index in [0.29, 0.717) is 5.56 Å². The zero-order valence-corrected chi connectivity index (χ0v) is 16.0. The van der Waals surface area contributed by atoms with Crippen molar-refractivity contribution < 1.29 is 4.79 Å². The third-order valence-corrected chi connectivity index (χ3v) is 5.20. The minimum Gasteiger partial charge on any atom is -0.341 e. The molecule has 4 rings (SSSR count). The number of hydrogen-bond acceptors (Lipinski definition) is 1. The Bertz CT molecular complexity index is 1140. The average molecular weight is 404 g/mol. The fraction of sp³-hybridized carbons (Fsp3) is 0.0870. The topological polar surface area (TPSA) is 22.0 Å². The highest BCUT2D eigenvalue weighted by Gasteiger charge is 2.09. The van der Waals surface area contributed by atoms with Gasteiger partial charge in [0.1, 0.15) is 0 Å². The van der Waals surface area contributed by atoms with E-state index in [2.05, 4.69) is 69.9 Å². The van der Waals surface area contributed by atoms with Gasteiger partial charge in [-0.25, -0.2) is 0 Å². The number of carbonyl (C=O) groups excluding carboxylic acids is 1. The Labute approximate surface area is 160 Å². The number of aryl methyl sites for hydroxylation is 1. The monoisotopic (exact) mass is 403 g/mol. The lowest BCUT2D eigenvalue weighted by atomic mass is 10.1. The van der Waals surface area contributed by atoms with Crippen molar-refractivity contribution in [2.24, 2.45) is 0 Å². The molecule has 0 bridgehead atoms. The first kappa shape index (κ1) is 16.8. The molecule has 0 unspecified atom stereocenters. The van der Waals surface area contributed by atoms with Crippen molar-refractivity contribution in [2.45, 2.75) is 13.5 Å². The smallest absolute Gasteiger partial charge is 0.185 e. The van der Waals surface area contributed by atoms with E-state index >= 15 is 0 Å². The fourth-order valence-electron chi connectivity index (χ4n) is 3.40. The molecule has 128 valence electrons. The molecule has 0 radical (unpaired) electrons. The van der Waals surface area contributed by atoms with Crippen LogP contribution in [0.2, 0.25) is 0 Å². The molecule has 2 nitrogen and oxygen atoms in total. The molecule has 0 saturated heterocycles. The van der Waals surface area contributed by atoms with Crippen molar-refractivity contribution in [2.75, 3.05) is 0 Å². The number of carbonyl (C=O) groups is 1. The zero-order chi connectivity index (χ0) is 18.1. The fourth-order valence-corrected chi connectivity index (χ4v) is 3.66. The van der Waals surface area contributed by atoms with E-state index in [-0.39, 0.29) is 5.78 Å². The minimum atomic E-state index is 0.00795. The number of benzene rings is 3. The summed E-state index contributed by atoms with van der Waals surface area (Å²) in [5, 5.41) is 2.47. The number of ketones is 1. The number of para-hydroxylation sites is 1. The molecule has 1 aromatic heterocycles. The molecule has 0 aliphatic rings. The van der Waals surface area contributed by atoms with Crippen molar-refractivity contribution in [3.05, 3.63) is 88.4 Å². The molecule has 0 saturated carbocycles. The summed E-state index contributed by atoms with van der Waals surface area (Å²) in [4.78, 5) is 12.3. The lowest BCUT2D eigenvalue weighted by molar-refractivity contribution is 0.104. The van der Waals surface area contributed by atoms with Crippen LogP contribution < -0.4 is 0 Å². The summed E-state index contributed by atoms with van der Waals surface area (Å²) >= 11 is 3.39. The lowest BCUT2D eigenvalue weighted by Crippen LogP contribution is -1.93. The van der Waals surface area contributed by atoms with Gasteiger partial charge in [-0.15, -0.1) is 0 Å². The molecule has 1 heterocycles. The first-order valence-electron chi connectivity index (χ1n) is 8.66. The Kier molecular flexibility index (Phi) is 4.48. The van der Waals surface area contributed by atoms with Crippen LogP contribution in [0.3, 0.4) is 0 Å². The van der Waals surface area contributed by atoms with E-state index < -0.39 is 0 Å². The normalized spacial score (nSPS) is 11.6. The number of nitrogens with zero attached hydrogens (tertiary/aromatic N) is 1. The van der Waals surface area contributed by atoms with Gasteiger partial charge >= 0.3 is 0 Å². The third-order valence-electron chi connectivity index (χ3n) is 4.67. The Balaban J connectivity index is 1.72. The van der Waals surface area contributed by atoms with E-state index in [4.69, 9.17) is 0 Å². The number of aromatic nitrogens is 1. The molecule has 26 heavy (non-hydrogen) atoms. The van der Waals surface area contributed by atoms with Crippen LogP contribution in [0.15, 0.2) is 77.3 Å². The second-order valence-electron chi connectivity index (χ2n) is 6.24. The predicted octanol–water partition coefficient (Wildman–Crippen LogP) is 6.47. The van der Waals surface area contributed by atoms with Crippen molar-refractivity contribution in [1.29, 1.82) is 0 Å². The largest absolute Gasteiger partial charge is 0.341 e. The highest BCUT2D eigenvalue weighted by molar-refractivity contribution is 9.10. The van der Waals surface area contributed by atoms with Crippen LogP contribution in [-0.2, 0) is 6.54 Å². The van der Waals surface area contributed by atoms with Gasteiger partial charge < -0.3 is 4.57 Å². The summed E-state index contributed by atoms with van der Waals surface area (Å²) < 4.78 is 3.29. The number of rotatable bonds is 4. The SMILES string of the molecule is CCn1c2ccccc2c2cc(/C=C/C(=O)c3ccc(Br)cc3)ccc21. The van der Waals surface area contributed by atoms with Gasteiger partial charge in [0.05, 0.1) is 0 Å². The van der Waals surface area contributed by atoms with Gasteiger partial charge in [-0.3, -0.25) is 4.79 Å². The van der Waals surface area contributed by atoms with Crippen molar-refractivity contribution >= 4 is 49.6 Å². The Morgan fingerprint density at radius 1 is 0.962 bits per heavy atom. The highest BCUT2D eigenvalue weighted by Crippen LogP contribution is 2.30. The second kappa shape index (κ2) is 6.93. The molecule has 0 fully saturated rings. The maximum atomic E-state index is 12.3. The summed E-state index contributed by atoms with van der Waals surface area (Å²) in [6, 6.07) is 22.3. The molecule has 4 aromatic rings. The van der Waals surface area contributed by atoms with Gasteiger partial charge in [0, 0.05) is 38.4 Å². The van der Waals surface area contributed by atoms with Gasteiger partial charge in [-0.2, -0.15) is 0 Å². The number of fused-ring (bicyclic) bond motifs is 3. The summed E-state index contributed by atoms with van der Waals surface area (Å²) in [5.41, 5.74) is 4.19. The van der Waals surface area contributed by atoms with E-state index in [1.54, 1.807) is 6.08 Å². The van der Waals surface area contributed by atoms with Gasteiger partial charge in [0.2, 0.25) is 0 Å². The molecule has 0 N–H and O–H groups in total. The summed E-state index contributed by atoms with van der Waals surface area (Å²) in [6.07, 6.45) is 3.53. The van der Waals surface area contributed by atoms with Crippen LogP contribution in [0, 0.1) is 0 Å². The molecule has 3 heteroatoms. The Morgan fingerprint density at radius 3 is 2.46 bits per heavy atom. The molecule has 3 aromatic carbocycles. The Morgan fingerprint density at radius 2 is 1.69 bits per heavy atom. The maximum Gasteiger partial charge on any atom is 0.185 e. The van der Waals surface area contributed by atoms with Gasteiger partial charge in [0.25, 0.3) is 0 Å². The van der Waals surface area contributed by atoms with Crippen molar-refractivity contribution in [3.8, 4) is 0 Å². The van der Waals surface area contributed by atoms with Crippen LogP contribution >= 0.6 is 15.9 Å². The highest BCUT2D eigenvalue weighted by atomic mass is 79.9. The van der Waals surface area contributed by atoms with Crippen LogP contribution in [0.5, 0.6) is 0 Å². The summed E-state index contributed by atoms with van der Waals surface area (Å²) in [7, 11) is 0. The minimum absolute atomic E-state index is 0.00795. The molecule has 0 atom stereocenters.